The maximum Gasteiger partial charge on any atom is 0.294 e. The topological polar surface area (TPSA) is 119 Å². The van der Waals surface area contributed by atoms with Crippen molar-refractivity contribution in [3.8, 4) is 5.75 Å². The molecular weight excluding hydrogens is 494 g/mol. The van der Waals surface area contributed by atoms with Crippen LogP contribution in [0.25, 0.3) is 6.08 Å². The number of non-ortho nitro benzene ring substituents is 1. The summed E-state index contributed by atoms with van der Waals surface area (Å²) in [5.74, 6) is -0.557. The number of aryl methyl sites for hydroxylation is 2. The highest BCUT2D eigenvalue weighted by Crippen LogP contribution is 2.34. The van der Waals surface area contributed by atoms with Crippen molar-refractivity contribution in [2.45, 2.75) is 20.5 Å². The van der Waals surface area contributed by atoms with E-state index in [1.807, 2.05) is 26.0 Å². The highest BCUT2D eigenvalue weighted by molar-refractivity contribution is 8.18. The Morgan fingerprint density at radius 3 is 2.51 bits per heavy atom. The lowest BCUT2D eigenvalue weighted by Gasteiger charge is -2.14. The average molecular weight is 518 g/mol. The summed E-state index contributed by atoms with van der Waals surface area (Å²) in [6.07, 6.45) is 1.55. The number of nitro benzene ring substituents is 1. The van der Waals surface area contributed by atoms with Crippen molar-refractivity contribution in [3.05, 3.63) is 104 Å². The summed E-state index contributed by atoms with van der Waals surface area (Å²) >= 11 is 0.757. The molecule has 188 valence electrons. The smallest absolute Gasteiger partial charge is 0.294 e. The van der Waals surface area contributed by atoms with Gasteiger partial charge in [-0.3, -0.25) is 29.4 Å². The summed E-state index contributed by atoms with van der Waals surface area (Å²) in [7, 11) is 0. The van der Waals surface area contributed by atoms with Gasteiger partial charge in [-0.15, -0.1) is 0 Å². The van der Waals surface area contributed by atoms with Gasteiger partial charge in [-0.25, -0.2) is 0 Å². The lowest BCUT2D eigenvalue weighted by atomic mass is 10.1. The average Bonchev–Trinajstić information content (AvgIpc) is 3.12. The van der Waals surface area contributed by atoms with E-state index in [0.717, 1.165) is 33.4 Å². The zero-order valence-electron chi connectivity index (χ0n) is 20.1. The number of hydrogen-bond donors (Lipinski definition) is 1. The molecule has 1 fully saturated rings. The van der Waals surface area contributed by atoms with E-state index >= 15 is 0 Å². The van der Waals surface area contributed by atoms with Gasteiger partial charge in [0.05, 0.1) is 9.83 Å². The first kappa shape index (κ1) is 25.6. The summed E-state index contributed by atoms with van der Waals surface area (Å²) in [5.41, 5.74) is 3.86. The predicted molar refractivity (Wildman–Crippen MR) is 141 cm³/mol. The molecule has 37 heavy (non-hydrogen) atoms. The quantitative estimate of drug-likeness (QED) is 0.239. The van der Waals surface area contributed by atoms with Crippen LogP contribution < -0.4 is 10.1 Å². The SMILES string of the molecule is Cc1ccc(NC(=O)CN2C(=O)S/C(=C\c3ccccc3OCc3ccc([N+](=O)[O-])cc3)C2=O)c(C)c1. The van der Waals surface area contributed by atoms with E-state index < -0.39 is 28.5 Å². The largest absolute Gasteiger partial charge is 0.488 e. The molecule has 0 saturated carbocycles. The Balaban J connectivity index is 1.44. The van der Waals surface area contributed by atoms with Gasteiger partial charge in [0, 0.05) is 23.4 Å². The number of nitrogens with zero attached hydrogens (tertiary/aromatic N) is 2. The highest BCUT2D eigenvalue weighted by atomic mass is 32.2. The van der Waals surface area contributed by atoms with Gasteiger partial charge in [0.1, 0.15) is 18.9 Å². The lowest BCUT2D eigenvalue weighted by Crippen LogP contribution is -2.36. The van der Waals surface area contributed by atoms with Crippen molar-refractivity contribution in [2.75, 3.05) is 11.9 Å². The fraction of sp³-hybridized carbons (Fsp3) is 0.148. The number of rotatable bonds is 8. The third kappa shape index (κ3) is 6.22. The van der Waals surface area contributed by atoms with E-state index in [4.69, 9.17) is 4.74 Å². The molecule has 3 aromatic rings. The van der Waals surface area contributed by atoms with Crippen LogP contribution in [-0.2, 0) is 16.2 Å². The van der Waals surface area contributed by atoms with E-state index in [9.17, 15) is 24.5 Å². The van der Waals surface area contributed by atoms with Crippen LogP contribution in [0.2, 0.25) is 0 Å². The number of amides is 3. The number of imide groups is 1. The lowest BCUT2D eigenvalue weighted by molar-refractivity contribution is -0.384. The number of ether oxygens (including phenoxy) is 1. The number of nitro groups is 1. The van der Waals surface area contributed by atoms with Gasteiger partial charge in [0.15, 0.2) is 0 Å². The van der Waals surface area contributed by atoms with E-state index in [2.05, 4.69) is 5.32 Å². The van der Waals surface area contributed by atoms with Crippen LogP contribution in [0, 0.1) is 24.0 Å². The molecule has 4 rings (SSSR count). The Bertz CT molecular complexity index is 1420. The monoisotopic (exact) mass is 517 g/mol. The maximum absolute atomic E-state index is 12.9. The second-order valence-corrected chi connectivity index (χ2v) is 9.38. The van der Waals surface area contributed by atoms with Crippen LogP contribution in [0.1, 0.15) is 22.3 Å². The van der Waals surface area contributed by atoms with E-state index in [-0.39, 0.29) is 17.2 Å². The summed E-state index contributed by atoms with van der Waals surface area (Å²) in [6.45, 7) is 3.58. The van der Waals surface area contributed by atoms with Crippen LogP contribution in [0.4, 0.5) is 16.2 Å². The molecule has 1 heterocycles. The second-order valence-electron chi connectivity index (χ2n) is 8.38. The summed E-state index contributed by atoms with van der Waals surface area (Å²) in [6, 6.07) is 18.6. The predicted octanol–water partition coefficient (Wildman–Crippen LogP) is 5.47. The van der Waals surface area contributed by atoms with Gasteiger partial charge in [0.25, 0.3) is 16.8 Å². The number of carbonyl (C=O) groups is 3. The Morgan fingerprint density at radius 1 is 1.08 bits per heavy atom. The molecule has 3 amide bonds. The number of benzene rings is 3. The Kier molecular flexibility index (Phi) is 7.69. The van der Waals surface area contributed by atoms with Gasteiger partial charge >= 0.3 is 0 Å². The van der Waals surface area contributed by atoms with Gasteiger partial charge in [0.2, 0.25) is 5.91 Å². The first-order chi connectivity index (χ1) is 17.7. The summed E-state index contributed by atoms with van der Waals surface area (Å²) in [5, 5.41) is 13.0. The molecule has 0 aromatic heterocycles. The van der Waals surface area contributed by atoms with Gasteiger partial charge < -0.3 is 10.1 Å². The molecule has 0 bridgehead atoms. The molecule has 1 saturated heterocycles. The number of carbonyl (C=O) groups excluding carboxylic acids is 3. The molecule has 1 aliphatic heterocycles. The zero-order chi connectivity index (χ0) is 26.5. The Labute approximate surface area is 217 Å². The molecule has 9 nitrogen and oxygen atoms in total. The Hall–Kier alpha value is -4.44. The zero-order valence-corrected chi connectivity index (χ0v) is 20.9. The van der Waals surface area contributed by atoms with Crippen molar-refractivity contribution >= 4 is 46.3 Å². The van der Waals surface area contributed by atoms with Crippen LogP contribution in [0.15, 0.2) is 71.6 Å². The van der Waals surface area contributed by atoms with Crippen molar-refractivity contribution in [1.29, 1.82) is 0 Å². The number of para-hydroxylation sites is 1. The van der Waals surface area contributed by atoms with Gasteiger partial charge in [-0.2, -0.15) is 0 Å². The third-order valence-electron chi connectivity index (χ3n) is 5.58. The van der Waals surface area contributed by atoms with Crippen molar-refractivity contribution in [1.82, 2.24) is 4.90 Å². The van der Waals surface area contributed by atoms with E-state index in [0.29, 0.717) is 17.0 Å². The van der Waals surface area contributed by atoms with Gasteiger partial charge in [-0.1, -0.05) is 35.9 Å². The summed E-state index contributed by atoms with van der Waals surface area (Å²) < 4.78 is 5.88. The fourth-order valence-corrected chi connectivity index (χ4v) is 4.50. The number of nitrogens with one attached hydrogen (secondary N) is 1. The molecule has 3 aromatic carbocycles. The Morgan fingerprint density at radius 2 is 1.81 bits per heavy atom. The molecule has 0 spiro atoms. The standard InChI is InChI=1S/C27H23N3O6S/c1-17-7-12-22(18(2)13-17)28-25(31)15-29-26(32)24(37-27(29)33)14-20-5-3-4-6-23(20)36-16-19-8-10-21(11-9-19)30(34)35/h3-14H,15-16H2,1-2H3,(H,28,31)/b24-14-. The van der Waals surface area contributed by atoms with Crippen molar-refractivity contribution in [3.63, 3.8) is 0 Å². The first-order valence-corrected chi connectivity index (χ1v) is 12.1. The third-order valence-corrected chi connectivity index (χ3v) is 6.49. The number of anilines is 1. The minimum atomic E-state index is -0.559. The molecule has 1 N–H and O–H groups in total. The van der Waals surface area contributed by atoms with Crippen LogP contribution in [0.3, 0.4) is 0 Å². The van der Waals surface area contributed by atoms with Crippen LogP contribution in [-0.4, -0.2) is 33.4 Å². The van der Waals surface area contributed by atoms with E-state index in [1.165, 1.54) is 12.1 Å². The molecule has 0 atom stereocenters. The first-order valence-electron chi connectivity index (χ1n) is 11.3. The van der Waals surface area contributed by atoms with Crippen LogP contribution in [0.5, 0.6) is 5.75 Å². The minimum Gasteiger partial charge on any atom is -0.488 e. The fourth-order valence-electron chi connectivity index (χ4n) is 3.67. The molecule has 0 unspecified atom stereocenters. The van der Waals surface area contributed by atoms with Crippen LogP contribution >= 0.6 is 11.8 Å². The minimum absolute atomic E-state index is 0.0115. The molecule has 0 radical (unpaired) electrons. The van der Waals surface area contributed by atoms with E-state index in [1.54, 1.807) is 48.5 Å². The number of hydrogen-bond acceptors (Lipinski definition) is 7. The number of thioether (sulfide) groups is 1. The van der Waals surface area contributed by atoms with Crippen molar-refractivity contribution < 1.29 is 24.0 Å². The molecular formula is C27H23N3O6S. The maximum atomic E-state index is 12.9. The summed E-state index contributed by atoms with van der Waals surface area (Å²) in [4.78, 5) is 49.5. The van der Waals surface area contributed by atoms with Gasteiger partial charge in [-0.05, 0) is 67.1 Å². The van der Waals surface area contributed by atoms with Crippen molar-refractivity contribution in [2.24, 2.45) is 0 Å². The highest BCUT2D eigenvalue weighted by Gasteiger charge is 2.36. The second kappa shape index (κ2) is 11.1. The molecule has 0 aliphatic carbocycles. The molecule has 1 aliphatic rings. The molecule has 10 heteroatoms. The normalized spacial score (nSPS) is 14.2.